The molecule has 1 aromatic rings. The third-order valence-corrected chi connectivity index (χ3v) is 1.81. The number of nitrogens with one attached hydrogen (secondary N) is 1. The summed E-state index contributed by atoms with van der Waals surface area (Å²) in [7, 11) is 0. The Morgan fingerprint density at radius 2 is 2.41 bits per heavy atom. The van der Waals surface area contributed by atoms with E-state index >= 15 is 0 Å². The maximum atomic E-state index is 11.3. The first kappa shape index (κ1) is 12.7. The van der Waals surface area contributed by atoms with Crippen molar-refractivity contribution in [1.29, 1.82) is 5.26 Å². The fraction of sp³-hybridized carbons (Fsp3) is 0.400. The summed E-state index contributed by atoms with van der Waals surface area (Å²) in [6.07, 6.45) is 2.75. The number of carbonyl (C=O) groups is 2. The van der Waals surface area contributed by atoms with Crippen molar-refractivity contribution in [2.75, 3.05) is 13.2 Å². The lowest BCUT2D eigenvalue weighted by molar-refractivity contribution is -0.121. The third-order valence-electron chi connectivity index (χ3n) is 1.81. The fourth-order valence-electron chi connectivity index (χ4n) is 1.11. The molecule has 0 spiro atoms. The van der Waals surface area contributed by atoms with Crippen LogP contribution in [0.2, 0.25) is 0 Å². The molecule has 90 valence electrons. The highest BCUT2D eigenvalue weighted by atomic mass is 16.5. The Balaban J connectivity index is 2.54. The molecular formula is C10H12N4O3. The van der Waals surface area contributed by atoms with E-state index < -0.39 is 5.97 Å². The number of rotatable bonds is 5. The van der Waals surface area contributed by atoms with Crippen molar-refractivity contribution >= 4 is 11.9 Å². The topological polar surface area (TPSA) is 97.0 Å². The zero-order valence-corrected chi connectivity index (χ0v) is 9.34. The molecular weight excluding hydrogens is 224 g/mol. The SMILES string of the molecule is CCOC(=O)c1cnn(CC(=O)NCC#N)c1. The largest absolute Gasteiger partial charge is 0.462 e. The quantitative estimate of drug-likeness (QED) is 0.559. The van der Waals surface area contributed by atoms with Crippen LogP contribution in [0.1, 0.15) is 17.3 Å². The summed E-state index contributed by atoms with van der Waals surface area (Å²) in [5.41, 5.74) is 0.292. The van der Waals surface area contributed by atoms with Crippen LogP contribution < -0.4 is 5.32 Å². The van der Waals surface area contributed by atoms with Crippen molar-refractivity contribution in [2.24, 2.45) is 0 Å². The van der Waals surface area contributed by atoms with Gasteiger partial charge in [0.15, 0.2) is 0 Å². The third kappa shape index (κ3) is 3.95. The minimum absolute atomic E-state index is 0.0406. The van der Waals surface area contributed by atoms with Gasteiger partial charge in [0.05, 0.1) is 24.4 Å². The molecule has 17 heavy (non-hydrogen) atoms. The zero-order chi connectivity index (χ0) is 12.7. The molecule has 1 rings (SSSR count). The summed E-state index contributed by atoms with van der Waals surface area (Å²) in [6, 6.07) is 1.79. The highest BCUT2D eigenvalue weighted by Gasteiger charge is 2.10. The van der Waals surface area contributed by atoms with Crippen LogP contribution in [0.5, 0.6) is 0 Å². The van der Waals surface area contributed by atoms with Crippen LogP contribution in [0.25, 0.3) is 0 Å². The highest BCUT2D eigenvalue weighted by molar-refractivity contribution is 5.88. The Bertz CT molecular complexity index is 447. The molecule has 0 aliphatic carbocycles. The van der Waals surface area contributed by atoms with Crippen LogP contribution in [0.15, 0.2) is 12.4 Å². The van der Waals surface area contributed by atoms with Gasteiger partial charge in [-0.25, -0.2) is 4.79 Å². The van der Waals surface area contributed by atoms with Crippen molar-refractivity contribution < 1.29 is 14.3 Å². The number of ether oxygens (including phenoxy) is 1. The summed E-state index contributed by atoms with van der Waals surface area (Å²) in [5.74, 6) is -0.818. The Kier molecular flexibility index (Phi) is 4.69. The minimum atomic E-state index is -0.476. The lowest BCUT2D eigenvalue weighted by atomic mass is 10.4. The van der Waals surface area contributed by atoms with Crippen molar-refractivity contribution in [1.82, 2.24) is 15.1 Å². The second kappa shape index (κ2) is 6.27. The summed E-state index contributed by atoms with van der Waals surface area (Å²) >= 11 is 0. The smallest absolute Gasteiger partial charge is 0.341 e. The van der Waals surface area contributed by atoms with E-state index in [-0.39, 0.29) is 25.6 Å². The Morgan fingerprint density at radius 3 is 3.06 bits per heavy atom. The van der Waals surface area contributed by atoms with Crippen molar-refractivity contribution in [3.05, 3.63) is 18.0 Å². The van der Waals surface area contributed by atoms with Crippen LogP contribution in [0.3, 0.4) is 0 Å². The Hall–Kier alpha value is -2.36. The van der Waals surface area contributed by atoms with E-state index in [1.54, 1.807) is 13.0 Å². The molecule has 0 aliphatic rings. The van der Waals surface area contributed by atoms with Crippen molar-refractivity contribution in [3.8, 4) is 6.07 Å². The maximum absolute atomic E-state index is 11.3. The summed E-state index contributed by atoms with van der Waals surface area (Å²) < 4.78 is 6.08. The number of hydrogen-bond acceptors (Lipinski definition) is 5. The lowest BCUT2D eigenvalue weighted by Crippen LogP contribution is -2.27. The predicted molar refractivity (Wildman–Crippen MR) is 56.8 cm³/mol. The van der Waals surface area contributed by atoms with E-state index in [4.69, 9.17) is 10.00 Å². The van der Waals surface area contributed by atoms with Gasteiger partial charge in [0.2, 0.25) is 5.91 Å². The zero-order valence-electron chi connectivity index (χ0n) is 9.34. The summed E-state index contributed by atoms with van der Waals surface area (Å²) in [4.78, 5) is 22.5. The molecule has 0 aromatic carbocycles. The number of esters is 1. The van der Waals surface area contributed by atoms with Gasteiger partial charge in [-0.2, -0.15) is 10.4 Å². The molecule has 7 nitrogen and oxygen atoms in total. The molecule has 0 atom stereocenters. The first-order valence-corrected chi connectivity index (χ1v) is 5.00. The second-order valence-corrected chi connectivity index (χ2v) is 3.08. The highest BCUT2D eigenvalue weighted by Crippen LogP contribution is 2.00. The average Bonchev–Trinajstić information content (AvgIpc) is 2.75. The van der Waals surface area contributed by atoms with Gasteiger partial charge in [0, 0.05) is 6.20 Å². The van der Waals surface area contributed by atoms with Gasteiger partial charge >= 0.3 is 5.97 Å². The molecule has 0 aliphatic heterocycles. The summed E-state index contributed by atoms with van der Waals surface area (Å²) in [5, 5.41) is 14.5. The molecule has 0 saturated carbocycles. The van der Waals surface area contributed by atoms with Crippen LogP contribution in [-0.2, 0) is 16.1 Å². The van der Waals surface area contributed by atoms with Gasteiger partial charge in [-0.1, -0.05) is 0 Å². The average molecular weight is 236 g/mol. The molecule has 0 bridgehead atoms. The second-order valence-electron chi connectivity index (χ2n) is 3.08. The first-order chi connectivity index (χ1) is 8.17. The van der Waals surface area contributed by atoms with E-state index in [1.165, 1.54) is 17.1 Å². The first-order valence-electron chi connectivity index (χ1n) is 5.00. The van der Waals surface area contributed by atoms with Gasteiger partial charge < -0.3 is 10.1 Å². The molecule has 0 unspecified atom stereocenters. The number of amides is 1. The predicted octanol–water partition coefficient (Wildman–Crippen LogP) is -0.300. The normalized spacial score (nSPS) is 9.41. The van der Waals surface area contributed by atoms with Crippen LogP contribution in [0, 0.1) is 11.3 Å². The summed E-state index contributed by atoms with van der Waals surface area (Å²) in [6.45, 7) is 1.90. The van der Waals surface area contributed by atoms with Crippen LogP contribution >= 0.6 is 0 Å². The van der Waals surface area contributed by atoms with E-state index in [0.29, 0.717) is 5.56 Å². The monoisotopic (exact) mass is 236 g/mol. The van der Waals surface area contributed by atoms with Crippen molar-refractivity contribution in [2.45, 2.75) is 13.5 Å². The van der Waals surface area contributed by atoms with Gasteiger partial charge in [-0.15, -0.1) is 0 Å². The molecule has 0 fully saturated rings. The molecule has 7 heteroatoms. The molecule has 0 radical (unpaired) electrons. The van der Waals surface area contributed by atoms with Gasteiger partial charge in [-0.3, -0.25) is 9.48 Å². The van der Waals surface area contributed by atoms with E-state index in [9.17, 15) is 9.59 Å². The Labute approximate surface area is 98.0 Å². The lowest BCUT2D eigenvalue weighted by Gasteiger charge is -2.00. The number of nitriles is 1. The van der Waals surface area contributed by atoms with E-state index in [2.05, 4.69) is 10.4 Å². The number of carbonyl (C=O) groups excluding carboxylic acids is 2. The maximum Gasteiger partial charge on any atom is 0.341 e. The number of aromatic nitrogens is 2. The van der Waals surface area contributed by atoms with Gasteiger partial charge in [-0.05, 0) is 6.92 Å². The molecule has 1 aromatic heterocycles. The molecule has 0 saturated heterocycles. The van der Waals surface area contributed by atoms with Gasteiger partial charge in [0.1, 0.15) is 13.1 Å². The number of nitrogens with zero attached hydrogens (tertiary/aromatic N) is 3. The van der Waals surface area contributed by atoms with Crippen LogP contribution in [-0.4, -0.2) is 34.8 Å². The Morgan fingerprint density at radius 1 is 1.65 bits per heavy atom. The van der Waals surface area contributed by atoms with Gasteiger partial charge in [0.25, 0.3) is 0 Å². The standard InChI is InChI=1S/C10H12N4O3/c1-2-17-10(16)8-5-13-14(6-8)7-9(15)12-4-3-11/h5-6H,2,4,7H2,1H3,(H,12,15). The number of hydrogen-bond donors (Lipinski definition) is 1. The van der Waals surface area contributed by atoms with Crippen molar-refractivity contribution in [3.63, 3.8) is 0 Å². The minimum Gasteiger partial charge on any atom is -0.462 e. The van der Waals surface area contributed by atoms with Crippen LogP contribution in [0.4, 0.5) is 0 Å². The van der Waals surface area contributed by atoms with E-state index in [0.717, 1.165) is 0 Å². The molecule has 1 amide bonds. The molecule has 1 heterocycles. The fourth-order valence-corrected chi connectivity index (χ4v) is 1.11. The van der Waals surface area contributed by atoms with E-state index in [1.807, 2.05) is 0 Å². The molecule has 1 N–H and O–H groups in total.